The first-order valence-corrected chi connectivity index (χ1v) is 9.23. The lowest BCUT2D eigenvalue weighted by Gasteiger charge is -2.26. The first kappa shape index (κ1) is 18.4. The number of methoxy groups -OCH3 is 1. The van der Waals surface area contributed by atoms with Crippen molar-refractivity contribution in [3.05, 3.63) is 59.2 Å². The highest BCUT2D eigenvalue weighted by molar-refractivity contribution is 7.89. The Bertz CT molecular complexity index is 819. The molecule has 1 atom stereocenters. The van der Waals surface area contributed by atoms with Crippen molar-refractivity contribution in [3.8, 4) is 5.75 Å². The zero-order valence-electron chi connectivity index (χ0n) is 14.5. The van der Waals surface area contributed by atoms with E-state index in [2.05, 4.69) is 11.0 Å². The molecule has 130 valence electrons. The molecule has 0 bridgehead atoms. The second kappa shape index (κ2) is 7.34. The van der Waals surface area contributed by atoms with E-state index in [0.717, 1.165) is 16.9 Å². The third-order valence-corrected chi connectivity index (χ3v) is 5.10. The third-order valence-electron chi connectivity index (χ3n) is 4.19. The van der Waals surface area contributed by atoms with Crippen molar-refractivity contribution >= 4 is 10.0 Å². The zero-order chi connectivity index (χ0) is 17.9. The van der Waals surface area contributed by atoms with Gasteiger partial charge in [-0.25, -0.2) is 13.6 Å². The van der Waals surface area contributed by atoms with Crippen LogP contribution in [0, 0.1) is 6.92 Å². The van der Waals surface area contributed by atoms with Gasteiger partial charge in [-0.3, -0.25) is 4.90 Å². The molecule has 2 rings (SSSR count). The van der Waals surface area contributed by atoms with Crippen LogP contribution in [0.3, 0.4) is 0 Å². The average Bonchev–Trinajstić information content (AvgIpc) is 2.53. The summed E-state index contributed by atoms with van der Waals surface area (Å²) in [6, 6.07) is 12.9. The van der Waals surface area contributed by atoms with E-state index >= 15 is 0 Å². The standard InChI is InChI=1S/C18H24N2O3S/c1-13-8-9-18(23-4)16(10-13)12-20(3)14(2)15-6-5-7-17(11-15)24(19,21)22/h5-11,14H,12H2,1-4H3,(H2,19,21,22). The summed E-state index contributed by atoms with van der Waals surface area (Å²) in [5.74, 6) is 0.845. The van der Waals surface area contributed by atoms with Gasteiger partial charge in [0.15, 0.2) is 0 Å². The van der Waals surface area contributed by atoms with Gasteiger partial charge in [0.05, 0.1) is 12.0 Å². The summed E-state index contributed by atoms with van der Waals surface area (Å²) in [6.07, 6.45) is 0. The summed E-state index contributed by atoms with van der Waals surface area (Å²) in [5, 5.41) is 5.22. The number of benzene rings is 2. The summed E-state index contributed by atoms with van der Waals surface area (Å²) >= 11 is 0. The van der Waals surface area contributed by atoms with Crippen molar-refractivity contribution in [2.24, 2.45) is 5.14 Å². The van der Waals surface area contributed by atoms with Crippen LogP contribution in [0.2, 0.25) is 0 Å². The molecule has 0 radical (unpaired) electrons. The highest BCUT2D eigenvalue weighted by Gasteiger charge is 2.16. The van der Waals surface area contributed by atoms with Crippen molar-refractivity contribution in [1.29, 1.82) is 0 Å². The summed E-state index contributed by atoms with van der Waals surface area (Å²) in [4.78, 5) is 2.27. The number of ether oxygens (including phenoxy) is 1. The van der Waals surface area contributed by atoms with Crippen molar-refractivity contribution in [2.75, 3.05) is 14.2 Å². The van der Waals surface area contributed by atoms with Gasteiger partial charge >= 0.3 is 0 Å². The molecule has 0 aliphatic rings. The Labute approximate surface area is 144 Å². The van der Waals surface area contributed by atoms with Crippen LogP contribution in [0.15, 0.2) is 47.4 Å². The second-order valence-corrected chi connectivity index (χ2v) is 7.59. The highest BCUT2D eigenvalue weighted by atomic mass is 32.2. The molecule has 2 aromatic rings. The van der Waals surface area contributed by atoms with Crippen LogP contribution < -0.4 is 9.88 Å². The van der Waals surface area contributed by atoms with Crippen molar-refractivity contribution in [1.82, 2.24) is 4.90 Å². The van der Waals surface area contributed by atoms with E-state index in [1.54, 1.807) is 19.2 Å². The fraction of sp³-hybridized carbons (Fsp3) is 0.333. The summed E-state index contributed by atoms with van der Waals surface area (Å²) in [5.41, 5.74) is 3.16. The first-order valence-electron chi connectivity index (χ1n) is 7.69. The molecular weight excluding hydrogens is 324 g/mol. The van der Waals surface area contributed by atoms with Gasteiger partial charge in [0.1, 0.15) is 5.75 Å². The van der Waals surface area contributed by atoms with Crippen LogP contribution in [-0.4, -0.2) is 27.5 Å². The van der Waals surface area contributed by atoms with E-state index in [1.807, 2.05) is 39.1 Å². The minimum atomic E-state index is -3.70. The Morgan fingerprint density at radius 2 is 1.92 bits per heavy atom. The van der Waals surface area contributed by atoms with E-state index in [4.69, 9.17) is 9.88 Å². The van der Waals surface area contributed by atoms with Crippen LogP contribution in [0.5, 0.6) is 5.75 Å². The second-order valence-electron chi connectivity index (χ2n) is 6.02. The molecule has 0 aliphatic carbocycles. The van der Waals surface area contributed by atoms with Crippen LogP contribution >= 0.6 is 0 Å². The molecule has 0 spiro atoms. The SMILES string of the molecule is COc1ccc(C)cc1CN(C)C(C)c1cccc(S(N)(=O)=O)c1. The van der Waals surface area contributed by atoms with E-state index in [0.29, 0.717) is 6.54 Å². The first-order chi connectivity index (χ1) is 11.2. The molecule has 24 heavy (non-hydrogen) atoms. The van der Waals surface area contributed by atoms with Gasteiger partial charge in [0, 0.05) is 18.2 Å². The minimum absolute atomic E-state index is 0.0249. The molecule has 0 saturated carbocycles. The number of nitrogens with two attached hydrogens (primary N) is 1. The summed E-state index contributed by atoms with van der Waals surface area (Å²) in [6.45, 7) is 4.76. The smallest absolute Gasteiger partial charge is 0.238 e. The van der Waals surface area contributed by atoms with Gasteiger partial charge in [-0.15, -0.1) is 0 Å². The Morgan fingerprint density at radius 3 is 2.54 bits per heavy atom. The zero-order valence-corrected chi connectivity index (χ0v) is 15.3. The van der Waals surface area contributed by atoms with Gasteiger partial charge < -0.3 is 4.74 Å². The maximum absolute atomic E-state index is 11.5. The fourth-order valence-corrected chi connectivity index (χ4v) is 3.21. The van der Waals surface area contributed by atoms with Gasteiger partial charge in [-0.2, -0.15) is 0 Å². The van der Waals surface area contributed by atoms with Crippen LogP contribution in [0.1, 0.15) is 29.7 Å². The molecule has 0 amide bonds. The lowest BCUT2D eigenvalue weighted by Crippen LogP contribution is -2.23. The summed E-state index contributed by atoms with van der Waals surface area (Å²) in [7, 11) is -0.0422. The highest BCUT2D eigenvalue weighted by Crippen LogP contribution is 2.26. The monoisotopic (exact) mass is 348 g/mol. The Kier molecular flexibility index (Phi) is 5.64. The van der Waals surface area contributed by atoms with Crippen LogP contribution in [0.4, 0.5) is 0 Å². The third kappa shape index (κ3) is 4.35. The van der Waals surface area contributed by atoms with Gasteiger partial charge in [-0.05, 0) is 44.7 Å². The molecular formula is C18H24N2O3S. The largest absolute Gasteiger partial charge is 0.496 e. The molecule has 2 aromatic carbocycles. The van der Waals surface area contributed by atoms with E-state index in [9.17, 15) is 8.42 Å². The summed E-state index contributed by atoms with van der Waals surface area (Å²) < 4.78 is 28.5. The Balaban J connectivity index is 2.24. The van der Waals surface area contributed by atoms with Gasteiger partial charge in [-0.1, -0.05) is 29.8 Å². The van der Waals surface area contributed by atoms with Crippen LogP contribution in [-0.2, 0) is 16.6 Å². The van der Waals surface area contributed by atoms with E-state index < -0.39 is 10.0 Å². The van der Waals surface area contributed by atoms with E-state index in [-0.39, 0.29) is 10.9 Å². The lowest BCUT2D eigenvalue weighted by molar-refractivity contribution is 0.248. The van der Waals surface area contributed by atoms with Crippen molar-refractivity contribution < 1.29 is 13.2 Å². The molecule has 5 nitrogen and oxygen atoms in total. The molecule has 1 unspecified atom stereocenters. The lowest BCUT2D eigenvalue weighted by atomic mass is 10.1. The van der Waals surface area contributed by atoms with Crippen LogP contribution in [0.25, 0.3) is 0 Å². The van der Waals surface area contributed by atoms with Gasteiger partial charge in [0.25, 0.3) is 0 Å². The average molecular weight is 348 g/mol. The number of sulfonamides is 1. The van der Waals surface area contributed by atoms with E-state index in [1.165, 1.54) is 11.6 Å². The molecule has 6 heteroatoms. The van der Waals surface area contributed by atoms with Crippen molar-refractivity contribution in [3.63, 3.8) is 0 Å². The predicted molar refractivity (Wildman–Crippen MR) is 95.4 cm³/mol. The Hall–Kier alpha value is -1.89. The molecule has 0 fully saturated rings. The maximum Gasteiger partial charge on any atom is 0.238 e. The number of nitrogens with zero attached hydrogens (tertiary/aromatic N) is 1. The molecule has 0 aliphatic heterocycles. The van der Waals surface area contributed by atoms with Crippen molar-refractivity contribution in [2.45, 2.75) is 31.3 Å². The number of hydrogen-bond acceptors (Lipinski definition) is 4. The number of primary sulfonamides is 1. The molecule has 2 N–H and O–H groups in total. The number of rotatable bonds is 6. The number of aryl methyl sites for hydroxylation is 1. The predicted octanol–water partition coefficient (Wildman–Crippen LogP) is 2.84. The number of hydrogen-bond donors (Lipinski definition) is 1. The topological polar surface area (TPSA) is 72.6 Å². The fourth-order valence-electron chi connectivity index (χ4n) is 2.64. The normalized spacial score (nSPS) is 13.1. The maximum atomic E-state index is 11.5. The quantitative estimate of drug-likeness (QED) is 0.871. The Morgan fingerprint density at radius 1 is 1.21 bits per heavy atom. The minimum Gasteiger partial charge on any atom is -0.496 e. The van der Waals surface area contributed by atoms with Gasteiger partial charge in [0.2, 0.25) is 10.0 Å². The molecule has 0 saturated heterocycles. The molecule has 0 heterocycles. The molecule has 0 aromatic heterocycles.